The summed E-state index contributed by atoms with van der Waals surface area (Å²) in [6.45, 7) is 1.89. The van der Waals surface area contributed by atoms with E-state index in [-0.39, 0.29) is 48.4 Å². The smallest absolute Gasteiger partial charge is 0.341 e. The minimum atomic E-state index is -0.523. The Morgan fingerprint density at radius 2 is 1.97 bits per heavy atom. The van der Waals surface area contributed by atoms with Gasteiger partial charge in [0, 0.05) is 24.9 Å². The summed E-state index contributed by atoms with van der Waals surface area (Å²) in [5, 5.41) is 6.61. The van der Waals surface area contributed by atoms with Crippen molar-refractivity contribution in [3.05, 3.63) is 64.8 Å². The Balaban J connectivity index is 1.55. The molecular formula is C22H22FN3O5. The second kappa shape index (κ2) is 9.84. The third-order valence-corrected chi connectivity index (χ3v) is 4.62. The van der Waals surface area contributed by atoms with Crippen molar-refractivity contribution in [2.75, 3.05) is 14.2 Å². The Kier molecular flexibility index (Phi) is 6.96. The van der Waals surface area contributed by atoms with Gasteiger partial charge >= 0.3 is 5.97 Å². The Morgan fingerprint density at radius 3 is 2.68 bits per heavy atom. The van der Waals surface area contributed by atoms with Gasteiger partial charge in [-0.25, -0.2) is 9.18 Å². The van der Waals surface area contributed by atoms with Crippen LogP contribution in [-0.2, 0) is 22.5 Å². The van der Waals surface area contributed by atoms with Crippen molar-refractivity contribution in [2.45, 2.75) is 26.3 Å². The number of carbonyl (C=O) groups excluding carboxylic acids is 2. The van der Waals surface area contributed by atoms with E-state index in [1.54, 1.807) is 37.3 Å². The van der Waals surface area contributed by atoms with E-state index >= 15 is 0 Å². The summed E-state index contributed by atoms with van der Waals surface area (Å²) in [5.74, 6) is -0.159. The van der Waals surface area contributed by atoms with Crippen molar-refractivity contribution in [3.8, 4) is 17.1 Å². The lowest BCUT2D eigenvalue weighted by Crippen LogP contribution is -2.23. The van der Waals surface area contributed by atoms with E-state index in [9.17, 15) is 14.0 Å². The number of hydrogen-bond donors (Lipinski definition) is 1. The molecule has 0 saturated carbocycles. The molecule has 0 aliphatic rings. The van der Waals surface area contributed by atoms with Gasteiger partial charge in [0.25, 0.3) is 0 Å². The zero-order chi connectivity index (χ0) is 22.4. The van der Waals surface area contributed by atoms with E-state index in [4.69, 9.17) is 14.0 Å². The van der Waals surface area contributed by atoms with Gasteiger partial charge in [-0.1, -0.05) is 23.4 Å². The number of ether oxygens (including phenoxy) is 2. The SMILES string of the molecule is COC(=O)c1cc(CNC(=O)CCc2nc(-c3ccc(C)c(F)c3)no2)ccc1OC. The molecule has 9 heteroatoms. The molecule has 0 atom stereocenters. The third-order valence-electron chi connectivity index (χ3n) is 4.62. The highest BCUT2D eigenvalue weighted by molar-refractivity contribution is 5.92. The van der Waals surface area contributed by atoms with Crippen molar-refractivity contribution < 1.29 is 28.0 Å². The maximum atomic E-state index is 13.7. The van der Waals surface area contributed by atoms with Gasteiger partial charge < -0.3 is 19.3 Å². The maximum Gasteiger partial charge on any atom is 0.341 e. The number of hydrogen-bond acceptors (Lipinski definition) is 7. The number of nitrogens with zero attached hydrogens (tertiary/aromatic N) is 2. The first-order valence-corrected chi connectivity index (χ1v) is 9.52. The van der Waals surface area contributed by atoms with Gasteiger partial charge in [0.1, 0.15) is 17.1 Å². The van der Waals surface area contributed by atoms with Crippen LogP contribution >= 0.6 is 0 Å². The van der Waals surface area contributed by atoms with E-state index in [0.717, 1.165) is 5.56 Å². The molecule has 0 saturated heterocycles. The summed E-state index contributed by atoms with van der Waals surface area (Å²) in [6, 6.07) is 9.68. The monoisotopic (exact) mass is 427 g/mol. The quantitative estimate of drug-likeness (QED) is 0.551. The molecule has 3 rings (SSSR count). The first kappa shape index (κ1) is 21.9. The third kappa shape index (κ3) is 5.44. The highest BCUT2D eigenvalue weighted by Crippen LogP contribution is 2.21. The van der Waals surface area contributed by atoms with Crippen LogP contribution in [-0.4, -0.2) is 36.2 Å². The van der Waals surface area contributed by atoms with Gasteiger partial charge in [-0.05, 0) is 36.2 Å². The zero-order valence-electron chi connectivity index (χ0n) is 17.4. The number of carbonyl (C=O) groups is 2. The van der Waals surface area contributed by atoms with Crippen LogP contribution in [0.2, 0.25) is 0 Å². The van der Waals surface area contributed by atoms with Crippen molar-refractivity contribution in [1.82, 2.24) is 15.5 Å². The molecule has 0 spiro atoms. The number of benzene rings is 2. The molecule has 1 heterocycles. The molecule has 2 aromatic carbocycles. The molecule has 0 aliphatic heterocycles. The largest absolute Gasteiger partial charge is 0.496 e. The first-order valence-electron chi connectivity index (χ1n) is 9.52. The van der Waals surface area contributed by atoms with Crippen LogP contribution in [0.5, 0.6) is 5.75 Å². The minimum Gasteiger partial charge on any atom is -0.496 e. The van der Waals surface area contributed by atoms with Crippen molar-refractivity contribution in [2.24, 2.45) is 0 Å². The summed E-state index contributed by atoms with van der Waals surface area (Å²) >= 11 is 0. The van der Waals surface area contributed by atoms with Gasteiger partial charge in [0.2, 0.25) is 17.6 Å². The fraction of sp³-hybridized carbons (Fsp3) is 0.273. The Bertz CT molecular complexity index is 1100. The lowest BCUT2D eigenvalue weighted by molar-refractivity contribution is -0.121. The molecule has 31 heavy (non-hydrogen) atoms. The molecule has 0 fully saturated rings. The predicted molar refractivity (Wildman–Crippen MR) is 109 cm³/mol. The molecule has 3 aromatic rings. The molecule has 0 aliphatic carbocycles. The molecule has 162 valence electrons. The van der Waals surface area contributed by atoms with Crippen molar-refractivity contribution >= 4 is 11.9 Å². The van der Waals surface area contributed by atoms with E-state index in [1.807, 2.05) is 0 Å². The maximum absolute atomic E-state index is 13.7. The van der Waals surface area contributed by atoms with Crippen LogP contribution in [0.4, 0.5) is 4.39 Å². The Hall–Kier alpha value is -3.75. The van der Waals surface area contributed by atoms with Crippen molar-refractivity contribution in [1.29, 1.82) is 0 Å². The molecule has 0 bridgehead atoms. The number of rotatable bonds is 8. The number of halogens is 1. The lowest BCUT2D eigenvalue weighted by atomic mass is 10.1. The zero-order valence-corrected chi connectivity index (χ0v) is 17.4. The van der Waals surface area contributed by atoms with Crippen LogP contribution in [0.15, 0.2) is 40.9 Å². The second-order valence-electron chi connectivity index (χ2n) is 6.78. The average Bonchev–Trinajstić information content (AvgIpc) is 3.26. The van der Waals surface area contributed by atoms with Crippen molar-refractivity contribution in [3.63, 3.8) is 0 Å². The lowest BCUT2D eigenvalue weighted by Gasteiger charge is -2.10. The highest BCUT2D eigenvalue weighted by atomic mass is 19.1. The van der Waals surface area contributed by atoms with E-state index in [2.05, 4.69) is 15.5 Å². The predicted octanol–water partition coefficient (Wildman–Crippen LogP) is 3.23. The Labute approximate surface area is 178 Å². The molecular weight excluding hydrogens is 405 g/mol. The summed E-state index contributed by atoms with van der Waals surface area (Å²) in [4.78, 5) is 28.2. The number of aryl methyl sites for hydroxylation is 2. The van der Waals surface area contributed by atoms with E-state index in [0.29, 0.717) is 16.9 Å². The Morgan fingerprint density at radius 1 is 1.16 bits per heavy atom. The second-order valence-corrected chi connectivity index (χ2v) is 6.78. The van der Waals surface area contributed by atoms with Crippen LogP contribution in [0.3, 0.4) is 0 Å². The van der Waals surface area contributed by atoms with E-state index in [1.165, 1.54) is 20.3 Å². The van der Waals surface area contributed by atoms with E-state index < -0.39 is 5.97 Å². The summed E-state index contributed by atoms with van der Waals surface area (Å²) in [5.41, 5.74) is 2.03. The summed E-state index contributed by atoms with van der Waals surface area (Å²) in [6.07, 6.45) is 0.368. The summed E-state index contributed by atoms with van der Waals surface area (Å²) in [7, 11) is 2.75. The number of aromatic nitrogens is 2. The fourth-order valence-corrected chi connectivity index (χ4v) is 2.85. The minimum absolute atomic E-state index is 0.129. The molecule has 0 radical (unpaired) electrons. The van der Waals surface area contributed by atoms with Crippen LogP contribution in [0, 0.1) is 12.7 Å². The van der Waals surface area contributed by atoms with Crippen LogP contribution in [0.1, 0.15) is 33.8 Å². The average molecular weight is 427 g/mol. The molecule has 1 amide bonds. The standard InChI is InChI=1S/C22H22FN3O5/c1-13-4-6-15(11-17(13)23)21-25-20(31-26-21)9-8-19(27)24-12-14-5-7-18(29-2)16(10-14)22(28)30-3/h4-7,10-11H,8-9,12H2,1-3H3,(H,24,27). The summed E-state index contributed by atoms with van der Waals surface area (Å²) < 4.78 is 28.8. The van der Waals surface area contributed by atoms with Crippen LogP contribution in [0.25, 0.3) is 11.4 Å². The van der Waals surface area contributed by atoms with Gasteiger partial charge in [-0.3, -0.25) is 4.79 Å². The van der Waals surface area contributed by atoms with Gasteiger partial charge in [0.15, 0.2) is 0 Å². The molecule has 0 unspecified atom stereocenters. The number of amides is 1. The number of esters is 1. The van der Waals surface area contributed by atoms with Gasteiger partial charge in [-0.2, -0.15) is 4.98 Å². The topological polar surface area (TPSA) is 104 Å². The first-order chi connectivity index (χ1) is 14.9. The van der Waals surface area contributed by atoms with Gasteiger partial charge in [0.05, 0.1) is 14.2 Å². The molecule has 8 nitrogen and oxygen atoms in total. The van der Waals surface area contributed by atoms with Crippen LogP contribution < -0.4 is 10.1 Å². The normalized spacial score (nSPS) is 10.6. The number of methoxy groups -OCH3 is 2. The fourth-order valence-electron chi connectivity index (χ4n) is 2.85. The molecule has 1 aromatic heterocycles. The van der Waals surface area contributed by atoms with Gasteiger partial charge in [-0.15, -0.1) is 0 Å². The highest BCUT2D eigenvalue weighted by Gasteiger charge is 2.15. The number of nitrogens with one attached hydrogen (secondary N) is 1. The molecule has 1 N–H and O–H groups in total.